The Balaban J connectivity index is 2.53. The summed E-state index contributed by atoms with van der Waals surface area (Å²) in [4.78, 5) is 24.0. The number of carbonyl (C=O) groups excluding carboxylic acids is 2. The number of rotatable bonds is 3. The van der Waals surface area contributed by atoms with Crippen LogP contribution in [0, 0.1) is 5.92 Å². The first kappa shape index (κ1) is 14.8. The maximum atomic E-state index is 12.1. The molecule has 0 saturated carbocycles. The first-order valence-electron chi connectivity index (χ1n) is 5.84. The van der Waals surface area contributed by atoms with Crippen molar-refractivity contribution in [3.63, 3.8) is 0 Å². The normalized spacial score (nSPS) is 20.7. The van der Waals surface area contributed by atoms with Gasteiger partial charge in [-0.1, -0.05) is 0 Å². The third-order valence-electron chi connectivity index (χ3n) is 2.75. The van der Waals surface area contributed by atoms with Crippen molar-refractivity contribution in [2.75, 3.05) is 19.7 Å². The number of nitrogens with zero attached hydrogens (tertiary/aromatic N) is 1. The van der Waals surface area contributed by atoms with Gasteiger partial charge in [-0.05, 0) is 19.8 Å². The molecule has 0 bridgehead atoms. The van der Waals surface area contributed by atoms with Crippen molar-refractivity contribution in [3.05, 3.63) is 0 Å². The first-order chi connectivity index (χ1) is 8.33. The molecule has 1 aliphatic heterocycles. The molecule has 1 aliphatic rings. The van der Waals surface area contributed by atoms with E-state index in [-0.39, 0.29) is 19.7 Å². The number of amides is 1. The summed E-state index contributed by atoms with van der Waals surface area (Å²) < 4.78 is 41.1. The average Bonchev–Trinajstić information content (AvgIpc) is 2.27. The van der Waals surface area contributed by atoms with Gasteiger partial charge in [0.2, 0.25) is 5.91 Å². The summed E-state index contributed by atoms with van der Waals surface area (Å²) >= 11 is 0. The Morgan fingerprint density at radius 3 is 2.61 bits per heavy atom. The largest absolute Gasteiger partial charge is 0.466 e. The Bertz CT molecular complexity index is 317. The zero-order chi connectivity index (χ0) is 13.8. The Morgan fingerprint density at radius 2 is 2.06 bits per heavy atom. The minimum atomic E-state index is -4.51. The molecule has 0 aromatic carbocycles. The minimum Gasteiger partial charge on any atom is -0.466 e. The Labute approximate surface area is 103 Å². The zero-order valence-corrected chi connectivity index (χ0v) is 10.1. The number of hydrogen-bond donors (Lipinski definition) is 0. The summed E-state index contributed by atoms with van der Waals surface area (Å²) in [5.74, 6) is -1.92. The summed E-state index contributed by atoms with van der Waals surface area (Å²) in [5.41, 5.74) is 0. The molecule has 1 atom stereocenters. The van der Waals surface area contributed by atoms with Crippen molar-refractivity contribution >= 4 is 11.9 Å². The number of piperidine rings is 1. The van der Waals surface area contributed by atoms with Crippen LogP contribution in [0.4, 0.5) is 13.2 Å². The lowest BCUT2D eigenvalue weighted by molar-refractivity contribution is -0.163. The van der Waals surface area contributed by atoms with Gasteiger partial charge in [0.05, 0.1) is 12.5 Å². The molecule has 4 nitrogen and oxygen atoms in total. The molecule has 104 valence electrons. The van der Waals surface area contributed by atoms with Crippen LogP contribution in [-0.2, 0) is 14.3 Å². The third-order valence-corrected chi connectivity index (χ3v) is 2.75. The van der Waals surface area contributed by atoms with E-state index in [1.165, 1.54) is 0 Å². The molecule has 0 radical (unpaired) electrons. The van der Waals surface area contributed by atoms with E-state index in [0.29, 0.717) is 12.8 Å². The second-order valence-electron chi connectivity index (χ2n) is 4.22. The molecule has 1 heterocycles. The Kier molecular flexibility index (Phi) is 4.98. The number of carbonyl (C=O) groups is 2. The molecular formula is C11H16F3NO3. The molecule has 0 spiro atoms. The van der Waals surface area contributed by atoms with Crippen molar-refractivity contribution in [1.82, 2.24) is 4.90 Å². The van der Waals surface area contributed by atoms with E-state index < -0.39 is 30.4 Å². The monoisotopic (exact) mass is 267 g/mol. The number of halogens is 3. The second kappa shape index (κ2) is 6.06. The number of ether oxygens (including phenoxy) is 1. The van der Waals surface area contributed by atoms with Gasteiger partial charge in [-0.2, -0.15) is 13.2 Å². The summed E-state index contributed by atoms with van der Waals surface area (Å²) in [5, 5.41) is 0. The van der Waals surface area contributed by atoms with E-state index in [4.69, 9.17) is 4.74 Å². The van der Waals surface area contributed by atoms with Crippen LogP contribution in [0.15, 0.2) is 0 Å². The van der Waals surface area contributed by atoms with Crippen LogP contribution >= 0.6 is 0 Å². The Hall–Kier alpha value is -1.27. The van der Waals surface area contributed by atoms with Crippen LogP contribution in [-0.4, -0.2) is 42.6 Å². The van der Waals surface area contributed by atoms with E-state index in [0.717, 1.165) is 4.90 Å². The summed E-state index contributed by atoms with van der Waals surface area (Å²) in [6, 6.07) is 0. The van der Waals surface area contributed by atoms with Crippen LogP contribution < -0.4 is 0 Å². The van der Waals surface area contributed by atoms with Crippen LogP contribution in [0.2, 0.25) is 0 Å². The molecule has 1 rings (SSSR count). The lowest BCUT2D eigenvalue weighted by atomic mass is 9.98. The van der Waals surface area contributed by atoms with Crippen LogP contribution in [0.1, 0.15) is 26.2 Å². The van der Waals surface area contributed by atoms with E-state index in [9.17, 15) is 22.8 Å². The van der Waals surface area contributed by atoms with Gasteiger partial charge in [0.1, 0.15) is 6.42 Å². The van der Waals surface area contributed by atoms with Crippen molar-refractivity contribution < 1.29 is 27.5 Å². The van der Waals surface area contributed by atoms with Crippen molar-refractivity contribution in [2.24, 2.45) is 5.92 Å². The lowest BCUT2D eigenvalue weighted by Crippen LogP contribution is -2.44. The SMILES string of the molecule is CCOC(=O)[C@@H]1CCCN(C(=O)CC(F)(F)F)C1. The van der Waals surface area contributed by atoms with E-state index >= 15 is 0 Å². The van der Waals surface area contributed by atoms with Crippen molar-refractivity contribution in [2.45, 2.75) is 32.4 Å². The summed E-state index contributed by atoms with van der Waals surface area (Å²) in [6.45, 7) is 2.18. The molecule has 0 aromatic heterocycles. The maximum absolute atomic E-state index is 12.1. The van der Waals surface area contributed by atoms with Gasteiger partial charge in [0, 0.05) is 13.1 Å². The highest BCUT2D eigenvalue weighted by Crippen LogP contribution is 2.24. The lowest BCUT2D eigenvalue weighted by Gasteiger charge is -2.31. The highest BCUT2D eigenvalue weighted by atomic mass is 19.4. The maximum Gasteiger partial charge on any atom is 0.397 e. The van der Waals surface area contributed by atoms with E-state index in [1.807, 2.05) is 0 Å². The molecule has 1 amide bonds. The molecular weight excluding hydrogens is 251 g/mol. The smallest absolute Gasteiger partial charge is 0.397 e. The van der Waals surface area contributed by atoms with Gasteiger partial charge >= 0.3 is 12.1 Å². The molecule has 18 heavy (non-hydrogen) atoms. The molecule has 7 heteroatoms. The van der Waals surface area contributed by atoms with Gasteiger partial charge in [0.15, 0.2) is 0 Å². The molecule has 1 saturated heterocycles. The van der Waals surface area contributed by atoms with Gasteiger partial charge < -0.3 is 9.64 Å². The summed E-state index contributed by atoms with van der Waals surface area (Å²) in [7, 11) is 0. The van der Waals surface area contributed by atoms with Gasteiger partial charge in [0.25, 0.3) is 0 Å². The van der Waals surface area contributed by atoms with E-state index in [2.05, 4.69) is 0 Å². The Morgan fingerprint density at radius 1 is 1.39 bits per heavy atom. The number of alkyl halides is 3. The quantitative estimate of drug-likeness (QED) is 0.732. The average molecular weight is 267 g/mol. The number of esters is 1. The molecule has 0 N–H and O–H groups in total. The fourth-order valence-corrected chi connectivity index (χ4v) is 1.94. The standard InChI is InChI=1S/C11H16F3NO3/c1-2-18-10(17)8-4-3-5-15(7-8)9(16)6-11(12,13)14/h8H,2-7H2,1H3/t8-/m1/s1. The minimum absolute atomic E-state index is 0.0216. The topological polar surface area (TPSA) is 46.6 Å². The molecule has 0 unspecified atom stereocenters. The predicted octanol–water partition coefficient (Wildman–Crippen LogP) is 1.74. The number of likely N-dealkylation sites (tertiary alicyclic amines) is 1. The first-order valence-corrected chi connectivity index (χ1v) is 5.84. The van der Waals surface area contributed by atoms with Gasteiger partial charge in [-0.3, -0.25) is 9.59 Å². The molecule has 1 fully saturated rings. The van der Waals surface area contributed by atoms with Gasteiger partial charge in [-0.15, -0.1) is 0 Å². The van der Waals surface area contributed by atoms with Crippen LogP contribution in [0.5, 0.6) is 0 Å². The molecule has 0 aromatic rings. The van der Waals surface area contributed by atoms with Crippen LogP contribution in [0.3, 0.4) is 0 Å². The zero-order valence-electron chi connectivity index (χ0n) is 10.1. The third kappa shape index (κ3) is 4.54. The fourth-order valence-electron chi connectivity index (χ4n) is 1.94. The highest BCUT2D eigenvalue weighted by molar-refractivity contribution is 5.79. The van der Waals surface area contributed by atoms with Crippen molar-refractivity contribution in [1.29, 1.82) is 0 Å². The molecule has 0 aliphatic carbocycles. The second-order valence-corrected chi connectivity index (χ2v) is 4.22. The predicted molar refractivity (Wildman–Crippen MR) is 56.6 cm³/mol. The van der Waals surface area contributed by atoms with Crippen molar-refractivity contribution in [3.8, 4) is 0 Å². The number of hydrogen-bond acceptors (Lipinski definition) is 3. The summed E-state index contributed by atoms with van der Waals surface area (Å²) in [6.07, 6.45) is -4.90. The highest BCUT2D eigenvalue weighted by Gasteiger charge is 2.36. The van der Waals surface area contributed by atoms with Crippen LogP contribution in [0.25, 0.3) is 0 Å². The fraction of sp³-hybridized carbons (Fsp3) is 0.818. The van der Waals surface area contributed by atoms with Gasteiger partial charge in [-0.25, -0.2) is 0 Å². The van der Waals surface area contributed by atoms with E-state index in [1.54, 1.807) is 6.92 Å².